The zero-order valence-corrected chi connectivity index (χ0v) is 22.8. The van der Waals surface area contributed by atoms with E-state index in [1.165, 1.54) is 7.11 Å². The summed E-state index contributed by atoms with van der Waals surface area (Å²) in [7, 11) is 1.29. The number of allylic oxidation sites excluding steroid dienone is 1. The Labute approximate surface area is 221 Å². The average Bonchev–Trinajstić information content (AvgIpc) is 3.08. The van der Waals surface area contributed by atoms with Crippen LogP contribution in [0.3, 0.4) is 0 Å². The summed E-state index contributed by atoms with van der Waals surface area (Å²) in [6, 6.07) is 5.08. The molecule has 1 aliphatic rings. The Morgan fingerprint density at radius 1 is 1.11 bits per heavy atom. The molecular weight excluding hydrogens is 505 g/mol. The van der Waals surface area contributed by atoms with Crippen molar-refractivity contribution in [2.75, 3.05) is 26.9 Å². The topological polar surface area (TPSA) is 91.7 Å². The quantitative estimate of drug-likeness (QED) is 0.364. The Bertz CT molecular complexity index is 1230. The molecule has 0 spiro atoms. The van der Waals surface area contributed by atoms with E-state index in [9.17, 15) is 9.59 Å². The van der Waals surface area contributed by atoms with Crippen molar-refractivity contribution in [1.82, 2.24) is 14.9 Å². The fourth-order valence-corrected chi connectivity index (χ4v) is 4.79. The summed E-state index contributed by atoms with van der Waals surface area (Å²) >= 11 is 12.9. The van der Waals surface area contributed by atoms with Crippen LogP contribution < -0.4 is 5.32 Å². The number of carbonyl (C=O) groups excluding carboxylic acids is 2. The molecule has 194 valence electrons. The van der Waals surface area contributed by atoms with Gasteiger partial charge in [-0.1, -0.05) is 35.3 Å². The van der Waals surface area contributed by atoms with E-state index in [0.29, 0.717) is 35.1 Å². The SMILES string of the molecule is CCOC(=O)C1=C(COCCn2c(C)nc(C)c2C)NC(C)=C(C(=O)OC)C1c1cccc(Cl)c1Cl. The molecule has 0 radical (unpaired) electrons. The van der Waals surface area contributed by atoms with E-state index in [-0.39, 0.29) is 29.4 Å². The molecule has 1 N–H and O–H groups in total. The lowest BCUT2D eigenvalue weighted by molar-refractivity contribution is -0.139. The van der Waals surface area contributed by atoms with Crippen molar-refractivity contribution in [3.05, 3.63) is 73.6 Å². The number of carbonyl (C=O) groups is 2. The number of imidazole rings is 1. The summed E-state index contributed by atoms with van der Waals surface area (Å²) in [6.07, 6.45) is 0. The van der Waals surface area contributed by atoms with E-state index in [4.69, 9.17) is 37.4 Å². The first-order chi connectivity index (χ1) is 17.1. The van der Waals surface area contributed by atoms with E-state index in [0.717, 1.165) is 17.2 Å². The molecule has 1 unspecified atom stereocenters. The highest BCUT2D eigenvalue weighted by atomic mass is 35.5. The van der Waals surface area contributed by atoms with Gasteiger partial charge in [-0.3, -0.25) is 0 Å². The van der Waals surface area contributed by atoms with E-state index >= 15 is 0 Å². The number of benzene rings is 1. The number of esters is 2. The third-order valence-electron chi connectivity index (χ3n) is 6.19. The summed E-state index contributed by atoms with van der Waals surface area (Å²) in [6.45, 7) is 10.6. The van der Waals surface area contributed by atoms with E-state index in [1.807, 2.05) is 20.8 Å². The average molecular weight is 536 g/mol. The van der Waals surface area contributed by atoms with Crippen LogP contribution in [0.1, 0.15) is 42.5 Å². The van der Waals surface area contributed by atoms with Gasteiger partial charge in [0.15, 0.2) is 0 Å². The van der Waals surface area contributed by atoms with Crippen LogP contribution in [0.25, 0.3) is 0 Å². The first kappa shape index (κ1) is 27.8. The number of halogens is 2. The summed E-state index contributed by atoms with van der Waals surface area (Å²) < 4.78 is 18.5. The molecule has 0 bridgehead atoms. The molecule has 0 fully saturated rings. The van der Waals surface area contributed by atoms with E-state index < -0.39 is 17.9 Å². The van der Waals surface area contributed by atoms with Crippen molar-refractivity contribution in [2.24, 2.45) is 0 Å². The molecule has 1 aromatic heterocycles. The predicted octanol–water partition coefficient (Wildman–Crippen LogP) is 4.78. The number of methoxy groups -OCH3 is 1. The lowest BCUT2D eigenvalue weighted by Crippen LogP contribution is -2.35. The highest BCUT2D eigenvalue weighted by molar-refractivity contribution is 6.42. The number of nitrogens with one attached hydrogen (secondary N) is 1. The van der Waals surface area contributed by atoms with Gasteiger partial charge >= 0.3 is 11.9 Å². The van der Waals surface area contributed by atoms with Crippen LogP contribution in [0, 0.1) is 20.8 Å². The van der Waals surface area contributed by atoms with Crippen molar-refractivity contribution in [3.63, 3.8) is 0 Å². The fraction of sp³-hybridized carbons (Fsp3) is 0.423. The lowest BCUT2D eigenvalue weighted by Gasteiger charge is -2.32. The number of nitrogens with zero attached hydrogens (tertiary/aromatic N) is 2. The second kappa shape index (κ2) is 12.0. The van der Waals surface area contributed by atoms with Crippen LogP contribution in [0.15, 0.2) is 40.7 Å². The molecule has 0 saturated carbocycles. The molecule has 2 heterocycles. The minimum Gasteiger partial charge on any atom is -0.466 e. The normalized spacial score (nSPS) is 15.7. The molecule has 8 nitrogen and oxygen atoms in total. The summed E-state index contributed by atoms with van der Waals surface area (Å²) in [5.41, 5.74) is 4.01. The van der Waals surface area contributed by atoms with Crippen LogP contribution in [-0.2, 0) is 30.3 Å². The van der Waals surface area contributed by atoms with Gasteiger partial charge in [0.25, 0.3) is 0 Å². The Balaban J connectivity index is 2.01. The van der Waals surface area contributed by atoms with Crippen molar-refractivity contribution in [3.8, 4) is 0 Å². The molecule has 0 saturated heterocycles. The van der Waals surface area contributed by atoms with Gasteiger partial charge in [0.05, 0.1) is 65.4 Å². The molecule has 2 aromatic rings. The number of ether oxygens (including phenoxy) is 3. The summed E-state index contributed by atoms with van der Waals surface area (Å²) in [5, 5.41) is 3.71. The largest absolute Gasteiger partial charge is 0.466 e. The molecule has 10 heteroatoms. The Kier molecular flexibility index (Phi) is 9.22. The van der Waals surface area contributed by atoms with Crippen LogP contribution >= 0.6 is 23.2 Å². The fourth-order valence-electron chi connectivity index (χ4n) is 4.38. The van der Waals surface area contributed by atoms with Crippen LogP contribution in [0.2, 0.25) is 10.0 Å². The number of hydrogen-bond donors (Lipinski definition) is 1. The second-order valence-electron chi connectivity index (χ2n) is 8.38. The molecule has 0 aliphatic carbocycles. The first-order valence-electron chi connectivity index (χ1n) is 11.6. The minimum atomic E-state index is -0.858. The maximum absolute atomic E-state index is 13.3. The van der Waals surface area contributed by atoms with E-state index in [1.54, 1.807) is 32.0 Å². The Hall–Kier alpha value is -2.81. The van der Waals surface area contributed by atoms with Crippen molar-refractivity contribution >= 4 is 35.1 Å². The lowest BCUT2D eigenvalue weighted by atomic mass is 9.80. The maximum atomic E-state index is 13.3. The number of dihydropyridines is 1. The third-order valence-corrected chi connectivity index (χ3v) is 7.03. The number of aromatic nitrogens is 2. The summed E-state index contributed by atoms with van der Waals surface area (Å²) in [5.74, 6) is -1.13. The highest BCUT2D eigenvalue weighted by Crippen LogP contribution is 2.43. The number of aryl methyl sites for hydroxylation is 2. The van der Waals surface area contributed by atoms with Gasteiger partial charge in [0.2, 0.25) is 0 Å². The van der Waals surface area contributed by atoms with Crippen LogP contribution in [0.5, 0.6) is 0 Å². The second-order valence-corrected chi connectivity index (χ2v) is 9.16. The Morgan fingerprint density at radius 3 is 2.44 bits per heavy atom. The minimum absolute atomic E-state index is 0.0837. The van der Waals surface area contributed by atoms with Gasteiger partial charge in [-0.2, -0.15) is 0 Å². The highest BCUT2D eigenvalue weighted by Gasteiger charge is 2.40. The third kappa shape index (κ3) is 5.61. The monoisotopic (exact) mass is 535 g/mol. The van der Waals surface area contributed by atoms with Crippen LogP contribution in [-0.4, -0.2) is 48.4 Å². The van der Waals surface area contributed by atoms with Crippen molar-refractivity contribution in [2.45, 2.75) is 47.1 Å². The number of hydrogen-bond acceptors (Lipinski definition) is 7. The van der Waals surface area contributed by atoms with Gasteiger partial charge in [-0.25, -0.2) is 14.6 Å². The molecule has 0 amide bonds. The maximum Gasteiger partial charge on any atom is 0.336 e. The van der Waals surface area contributed by atoms with Gasteiger partial charge in [-0.05, 0) is 46.2 Å². The smallest absolute Gasteiger partial charge is 0.336 e. The first-order valence-corrected chi connectivity index (χ1v) is 12.4. The number of rotatable bonds is 9. The molecular formula is C26H31Cl2N3O5. The van der Waals surface area contributed by atoms with Crippen molar-refractivity contribution < 1.29 is 23.8 Å². The van der Waals surface area contributed by atoms with Gasteiger partial charge in [0.1, 0.15) is 5.82 Å². The molecule has 1 aliphatic heterocycles. The standard InChI is InChI=1S/C26H31Cl2N3O5/c1-7-36-26(33)23-20(13-35-12-11-31-16(4)14(2)29-17(31)5)30-15(3)21(25(32)34-6)22(23)18-9-8-10-19(27)24(18)28/h8-10,22,30H,7,11-13H2,1-6H3. The molecule has 1 atom stereocenters. The zero-order valence-electron chi connectivity index (χ0n) is 21.3. The molecule has 1 aromatic carbocycles. The predicted molar refractivity (Wildman–Crippen MR) is 138 cm³/mol. The molecule has 36 heavy (non-hydrogen) atoms. The van der Waals surface area contributed by atoms with Crippen LogP contribution in [0.4, 0.5) is 0 Å². The van der Waals surface area contributed by atoms with Crippen molar-refractivity contribution in [1.29, 1.82) is 0 Å². The van der Waals surface area contributed by atoms with Gasteiger partial charge < -0.3 is 24.1 Å². The zero-order chi connectivity index (χ0) is 26.6. The molecule has 3 rings (SSSR count). The van der Waals surface area contributed by atoms with Gasteiger partial charge in [-0.15, -0.1) is 0 Å². The summed E-state index contributed by atoms with van der Waals surface area (Å²) in [4.78, 5) is 30.6. The van der Waals surface area contributed by atoms with E-state index in [2.05, 4.69) is 14.9 Å². The van der Waals surface area contributed by atoms with Gasteiger partial charge in [0, 0.05) is 17.9 Å². The Morgan fingerprint density at radius 2 is 1.83 bits per heavy atom.